The number of ether oxygens (including phenoxy) is 1. The maximum absolute atomic E-state index is 12.3. The summed E-state index contributed by atoms with van der Waals surface area (Å²) in [6.07, 6.45) is 0. The number of anilines is 1. The van der Waals surface area contributed by atoms with Crippen molar-refractivity contribution in [3.63, 3.8) is 0 Å². The SMILES string of the molecule is CC(C)(C)OCC(=O)N1CCNCc2ccccc21. The number of rotatable bonds is 2. The van der Waals surface area contributed by atoms with E-state index in [4.69, 9.17) is 4.74 Å². The molecule has 19 heavy (non-hydrogen) atoms. The van der Waals surface area contributed by atoms with Gasteiger partial charge in [-0.25, -0.2) is 0 Å². The van der Waals surface area contributed by atoms with E-state index in [1.165, 1.54) is 0 Å². The molecular formula is C15H22N2O2. The highest BCUT2D eigenvalue weighted by atomic mass is 16.5. The van der Waals surface area contributed by atoms with Gasteiger partial charge in [0.15, 0.2) is 0 Å². The van der Waals surface area contributed by atoms with Gasteiger partial charge in [-0.2, -0.15) is 0 Å². The lowest BCUT2D eigenvalue weighted by Gasteiger charge is -2.25. The standard InChI is InChI=1S/C15H22N2O2/c1-15(2,3)19-11-14(18)17-9-8-16-10-12-6-4-5-7-13(12)17/h4-7,16H,8-11H2,1-3H3. The Morgan fingerprint density at radius 2 is 2.11 bits per heavy atom. The third-order valence-corrected chi connectivity index (χ3v) is 3.04. The predicted molar refractivity (Wildman–Crippen MR) is 76.2 cm³/mol. The van der Waals surface area contributed by atoms with Crippen molar-refractivity contribution in [1.29, 1.82) is 0 Å². The average Bonchev–Trinajstić information content (AvgIpc) is 2.57. The smallest absolute Gasteiger partial charge is 0.253 e. The highest BCUT2D eigenvalue weighted by Crippen LogP contribution is 2.22. The lowest BCUT2D eigenvalue weighted by Crippen LogP contribution is -2.39. The Morgan fingerprint density at radius 3 is 2.84 bits per heavy atom. The maximum Gasteiger partial charge on any atom is 0.253 e. The van der Waals surface area contributed by atoms with E-state index in [0.717, 1.165) is 24.3 Å². The molecule has 1 aliphatic heterocycles. The molecule has 0 unspecified atom stereocenters. The van der Waals surface area contributed by atoms with Gasteiger partial charge in [-0.05, 0) is 32.4 Å². The van der Waals surface area contributed by atoms with Crippen LogP contribution in [0.3, 0.4) is 0 Å². The van der Waals surface area contributed by atoms with Crippen LogP contribution in [0.25, 0.3) is 0 Å². The van der Waals surface area contributed by atoms with Crippen LogP contribution in [-0.2, 0) is 16.1 Å². The van der Waals surface area contributed by atoms with Gasteiger partial charge in [0.2, 0.25) is 0 Å². The molecule has 0 saturated heterocycles. The van der Waals surface area contributed by atoms with Gasteiger partial charge in [-0.3, -0.25) is 4.79 Å². The molecular weight excluding hydrogens is 240 g/mol. The van der Waals surface area contributed by atoms with Crippen molar-refractivity contribution >= 4 is 11.6 Å². The molecule has 1 aromatic carbocycles. The first-order valence-corrected chi connectivity index (χ1v) is 6.70. The second-order valence-corrected chi connectivity index (χ2v) is 5.75. The van der Waals surface area contributed by atoms with Gasteiger partial charge in [0.1, 0.15) is 6.61 Å². The Kier molecular flexibility index (Phi) is 4.22. The Morgan fingerprint density at radius 1 is 1.37 bits per heavy atom. The number of carbonyl (C=O) groups is 1. The van der Waals surface area contributed by atoms with Gasteiger partial charge in [0, 0.05) is 25.3 Å². The van der Waals surface area contributed by atoms with E-state index in [9.17, 15) is 4.79 Å². The molecule has 0 bridgehead atoms. The topological polar surface area (TPSA) is 41.6 Å². The van der Waals surface area contributed by atoms with Crippen LogP contribution in [-0.4, -0.2) is 31.2 Å². The molecule has 2 rings (SSSR count). The average molecular weight is 262 g/mol. The van der Waals surface area contributed by atoms with Crippen molar-refractivity contribution < 1.29 is 9.53 Å². The second kappa shape index (κ2) is 5.72. The normalized spacial score (nSPS) is 15.8. The molecule has 1 N–H and O–H groups in total. The molecule has 1 heterocycles. The van der Waals surface area contributed by atoms with Crippen molar-refractivity contribution in [3.8, 4) is 0 Å². The number of hydrogen-bond donors (Lipinski definition) is 1. The van der Waals surface area contributed by atoms with Crippen LogP contribution in [0.5, 0.6) is 0 Å². The van der Waals surface area contributed by atoms with E-state index in [0.29, 0.717) is 6.54 Å². The van der Waals surface area contributed by atoms with E-state index < -0.39 is 0 Å². The zero-order valence-corrected chi connectivity index (χ0v) is 11.9. The Hall–Kier alpha value is -1.39. The fraction of sp³-hybridized carbons (Fsp3) is 0.533. The first-order valence-electron chi connectivity index (χ1n) is 6.70. The Labute approximate surface area is 114 Å². The molecule has 1 aliphatic rings. The van der Waals surface area contributed by atoms with E-state index in [2.05, 4.69) is 11.4 Å². The predicted octanol–water partition coefficient (Wildman–Crippen LogP) is 1.94. The highest BCUT2D eigenvalue weighted by Gasteiger charge is 2.22. The van der Waals surface area contributed by atoms with E-state index in [1.807, 2.05) is 43.9 Å². The minimum atomic E-state index is -0.292. The van der Waals surface area contributed by atoms with Crippen LogP contribution < -0.4 is 10.2 Å². The summed E-state index contributed by atoms with van der Waals surface area (Å²) in [5.41, 5.74) is 1.86. The van der Waals surface area contributed by atoms with E-state index in [1.54, 1.807) is 0 Å². The lowest BCUT2D eigenvalue weighted by molar-refractivity contribution is -0.127. The highest BCUT2D eigenvalue weighted by molar-refractivity contribution is 5.95. The van der Waals surface area contributed by atoms with Gasteiger partial charge >= 0.3 is 0 Å². The Balaban J connectivity index is 2.13. The quantitative estimate of drug-likeness (QED) is 0.885. The first kappa shape index (κ1) is 14.0. The number of para-hydroxylation sites is 1. The Bertz CT molecular complexity index is 452. The third kappa shape index (κ3) is 3.78. The minimum Gasteiger partial charge on any atom is -0.366 e. The molecule has 4 nitrogen and oxygen atoms in total. The van der Waals surface area contributed by atoms with Gasteiger partial charge in [-0.15, -0.1) is 0 Å². The molecule has 4 heteroatoms. The third-order valence-electron chi connectivity index (χ3n) is 3.04. The molecule has 0 fully saturated rings. The molecule has 0 radical (unpaired) electrons. The summed E-state index contributed by atoms with van der Waals surface area (Å²) in [7, 11) is 0. The van der Waals surface area contributed by atoms with Crippen molar-refractivity contribution in [3.05, 3.63) is 29.8 Å². The fourth-order valence-electron chi connectivity index (χ4n) is 2.07. The molecule has 0 atom stereocenters. The maximum atomic E-state index is 12.3. The van der Waals surface area contributed by atoms with Crippen molar-refractivity contribution in [2.75, 3.05) is 24.6 Å². The van der Waals surface area contributed by atoms with Crippen LogP contribution >= 0.6 is 0 Å². The van der Waals surface area contributed by atoms with Gasteiger partial charge in [0.25, 0.3) is 5.91 Å². The fourth-order valence-corrected chi connectivity index (χ4v) is 2.07. The van der Waals surface area contributed by atoms with Crippen LogP contribution in [0.1, 0.15) is 26.3 Å². The molecule has 104 valence electrons. The van der Waals surface area contributed by atoms with Crippen LogP contribution in [0.4, 0.5) is 5.69 Å². The summed E-state index contributed by atoms with van der Waals surface area (Å²) in [4.78, 5) is 14.2. The number of hydrogen-bond acceptors (Lipinski definition) is 3. The monoisotopic (exact) mass is 262 g/mol. The number of nitrogens with zero attached hydrogens (tertiary/aromatic N) is 1. The zero-order valence-electron chi connectivity index (χ0n) is 11.9. The van der Waals surface area contributed by atoms with Crippen LogP contribution in [0.15, 0.2) is 24.3 Å². The largest absolute Gasteiger partial charge is 0.366 e. The first-order chi connectivity index (χ1) is 8.97. The van der Waals surface area contributed by atoms with E-state index >= 15 is 0 Å². The number of amides is 1. The number of fused-ring (bicyclic) bond motifs is 1. The van der Waals surface area contributed by atoms with Crippen molar-refractivity contribution in [2.45, 2.75) is 32.9 Å². The van der Waals surface area contributed by atoms with Gasteiger partial charge < -0.3 is 15.0 Å². The molecule has 1 aromatic rings. The molecule has 0 spiro atoms. The summed E-state index contributed by atoms with van der Waals surface area (Å²) in [6.45, 7) is 8.28. The number of nitrogens with one attached hydrogen (secondary N) is 1. The molecule has 0 aromatic heterocycles. The lowest BCUT2D eigenvalue weighted by atomic mass is 10.1. The molecule has 1 amide bonds. The minimum absolute atomic E-state index is 0.0195. The second-order valence-electron chi connectivity index (χ2n) is 5.75. The molecule has 0 saturated carbocycles. The van der Waals surface area contributed by atoms with Crippen LogP contribution in [0, 0.1) is 0 Å². The van der Waals surface area contributed by atoms with Gasteiger partial charge in [-0.1, -0.05) is 18.2 Å². The van der Waals surface area contributed by atoms with E-state index in [-0.39, 0.29) is 18.1 Å². The summed E-state index contributed by atoms with van der Waals surface area (Å²) in [5, 5.41) is 3.33. The molecule has 0 aliphatic carbocycles. The summed E-state index contributed by atoms with van der Waals surface area (Å²) in [5.74, 6) is 0.0195. The van der Waals surface area contributed by atoms with Crippen molar-refractivity contribution in [1.82, 2.24) is 5.32 Å². The summed E-state index contributed by atoms with van der Waals surface area (Å²) < 4.78 is 5.59. The zero-order chi connectivity index (χ0) is 13.9. The van der Waals surface area contributed by atoms with Crippen LogP contribution in [0.2, 0.25) is 0 Å². The number of carbonyl (C=O) groups excluding carboxylic acids is 1. The van der Waals surface area contributed by atoms with Crippen molar-refractivity contribution in [2.24, 2.45) is 0 Å². The summed E-state index contributed by atoms with van der Waals surface area (Å²) >= 11 is 0. The van der Waals surface area contributed by atoms with Gasteiger partial charge in [0.05, 0.1) is 5.60 Å². The number of benzene rings is 1. The summed E-state index contributed by atoms with van der Waals surface area (Å²) in [6, 6.07) is 8.02.